The summed E-state index contributed by atoms with van der Waals surface area (Å²) in [5, 5.41) is 0. The molecule has 0 aromatic carbocycles. The van der Waals surface area contributed by atoms with E-state index in [1.54, 1.807) is 12.2 Å². The average Bonchev–Trinajstić information content (AvgIpc) is 2.11. The van der Waals surface area contributed by atoms with Crippen LogP contribution in [0.2, 0.25) is 0 Å². The Morgan fingerprint density at radius 2 is 2.08 bits per heavy atom. The minimum Gasteiger partial charge on any atom is -0.397 e. The first-order valence-electron chi connectivity index (χ1n) is 3.49. The Morgan fingerprint density at radius 1 is 1.42 bits per heavy atom. The summed E-state index contributed by atoms with van der Waals surface area (Å²) in [4.78, 5) is 7.49. The predicted molar refractivity (Wildman–Crippen MR) is 54.3 cm³/mol. The van der Waals surface area contributed by atoms with Gasteiger partial charge in [0, 0.05) is 12.4 Å². The molecule has 0 saturated heterocycles. The molecule has 0 amide bonds. The molecule has 0 aromatic rings. The lowest BCUT2D eigenvalue weighted by Gasteiger charge is -1.96. The van der Waals surface area contributed by atoms with Gasteiger partial charge in [-0.15, -0.1) is 0 Å². The third kappa shape index (κ3) is 3.51. The highest BCUT2D eigenvalue weighted by Gasteiger charge is 1.92. The van der Waals surface area contributed by atoms with Gasteiger partial charge < -0.3 is 5.73 Å². The van der Waals surface area contributed by atoms with Crippen LogP contribution in [0.3, 0.4) is 0 Å². The summed E-state index contributed by atoms with van der Waals surface area (Å²) >= 11 is 0. The van der Waals surface area contributed by atoms with E-state index in [1.165, 1.54) is 12.4 Å². The van der Waals surface area contributed by atoms with Gasteiger partial charge in [-0.1, -0.05) is 12.7 Å². The van der Waals surface area contributed by atoms with Crippen LogP contribution in [-0.4, -0.2) is 12.4 Å². The Balaban J connectivity index is 4.54. The van der Waals surface area contributed by atoms with E-state index >= 15 is 0 Å². The normalized spacial score (nSPS) is 13.4. The molecular formula is C9H13N3. The van der Waals surface area contributed by atoms with Gasteiger partial charge in [0.05, 0.1) is 11.4 Å². The third-order valence-electron chi connectivity index (χ3n) is 1.19. The van der Waals surface area contributed by atoms with E-state index in [0.29, 0.717) is 11.4 Å². The number of nitrogens with zero attached hydrogens (tertiary/aromatic N) is 2. The molecule has 0 aromatic heterocycles. The van der Waals surface area contributed by atoms with Crippen molar-refractivity contribution in [2.75, 3.05) is 0 Å². The Labute approximate surface area is 72.7 Å². The molecule has 0 bridgehead atoms. The molecule has 0 rings (SSSR count). The van der Waals surface area contributed by atoms with Crippen molar-refractivity contribution in [3.63, 3.8) is 0 Å². The SMILES string of the molecule is C=CC(=N\C=C/N=C)/C(N)=C\C. The van der Waals surface area contributed by atoms with Crippen LogP contribution in [-0.2, 0) is 0 Å². The van der Waals surface area contributed by atoms with Gasteiger partial charge in [-0.3, -0.25) is 9.98 Å². The molecule has 12 heavy (non-hydrogen) atoms. The quantitative estimate of drug-likeness (QED) is 0.629. The fourth-order valence-electron chi connectivity index (χ4n) is 0.554. The molecule has 0 aliphatic rings. The molecule has 0 radical (unpaired) electrons. The van der Waals surface area contributed by atoms with E-state index in [9.17, 15) is 0 Å². The predicted octanol–water partition coefficient (Wildman–Crippen LogP) is 1.65. The summed E-state index contributed by atoms with van der Waals surface area (Å²) in [6, 6.07) is 0. The molecule has 0 aliphatic heterocycles. The Kier molecular flexibility index (Phi) is 5.26. The second-order valence-corrected chi connectivity index (χ2v) is 1.94. The van der Waals surface area contributed by atoms with E-state index in [2.05, 4.69) is 23.3 Å². The zero-order valence-electron chi connectivity index (χ0n) is 7.20. The lowest BCUT2D eigenvalue weighted by Crippen LogP contribution is -2.07. The van der Waals surface area contributed by atoms with E-state index in [4.69, 9.17) is 5.73 Å². The minimum absolute atomic E-state index is 0.596. The summed E-state index contributed by atoms with van der Waals surface area (Å²) in [7, 11) is 0. The molecule has 2 N–H and O–H groups in total. The topological polar surface area (TPSA) is 50.7 Å². The van der Waals surface area contributed by atoms with Crippen LogP contribution in [0, 0.1) is 0 Å². The summed E-state index contributed by atoms with van der Waals surface area (Å²) in [5.41, 5.74) is 6.82. The molecule has 64 valence electrons. The van der Waals surface area contributed by atoms with Crippen molar-refractivity contribution in [3.05, 3.63) is 36.8 Å². The zero-order valence-corrected chi connectivity index (χ0v) is 7.20. The fourth-order valence-corrected chi connectivity index (χ4v) is 0.554. The Morgan fingerprint density at radius 3 is 2.50 bits per heavy atom. The second kappa shape index (κ2) is 6.09. The van der Waals surface area contributed by atoms with Crippen LogP contribution in [0.15, 0.2) is 46.8 Å². The molecule has 0 heterocycles. The number of hydrogen-bond donors (Lipinski definition) is 1. The van der Waals surface area contributed by atoms with Crippen LogP contribution in [0.5, 0.6) is 0 Å². The van der Waals surface area contributed by atoms with Crippen molar-refractivity contribution in [2.24, 2.45) is 15.7 Å². The van der Waals surface area contributed by atoms with E-state index in [-0.39, 0.29) is 0 Å². The van der Waals surface area contributed by atoms with Gasteiger partial charge >= 0.3 is 0 Å². The van der Waals surface area contributed by atoms with E-state index < -0.39 is 0 Å². The smallest absolute Gasteiger partial charge is 0.0850 e. The zero-order chi connectivity index (χ0) is 9.40. The van der Waals surface area contributed by atoms with Crippen LogP contribution < -0.4 is 5.73 Å². The van der Waals surface area contributed by atoms with Crippen molar-refractivity contribution in [1.29, 1.82) is 0 Å². The second-order valence-electron chi connectivity index (χ2n) is 1.94. The molecule has 0 fully saturated rings. The van der Waals surface area contributed by atoms with Crippen LogP contribution >= 0.6 is 0 Å². The van der Waals surface area contributed by atoms with Crippen molar-refractivity contribution < 1.29 is 0 Å². The molecule has 3 heteroatoms. The van der Waals surface area contributed by atoms with Gasteiger partial charge in [0.25, 0.3) is 0 Å². The van der Waals surface area contributed by atoms with Gasteiger partial charge in [-0.05, 0) is 19.7 Å². The number of nitrogens with two attached hydrogens (primary N) is 1. The first-order chi connectivity index (χ1) is 5.76. The maximum Gasteiger partial charge on any atom is 0.0850 e. The Bertz CT molecular complexity index is 246. The van der Waals surface area contributed by atoms with Gasteiger partial charge in [0.1, 0.15) is 0 Å². The van der Waals surface area contributed by atoms with Crippen LogP contribution in [0.25, 0.3) is 0 Å². The number of hydrogen-bond acceptors (Lipinski definition) is 3. The minimum atomic E-state index is 0.596. The molecule has 0 atom stereocenters. The van der Waals surface area contributed by atoms with Crippen molar-refractivity contribution >= 4 is 12.4 Å². The molecule has 3 nitrogen and oxygen atoms in total. The molecular weight excluding hydrogens is 150 g/mol. The van der Waals surface area contributed by atoms with Crippen LogP contribution in [0.4, 0.5) is 0 Å². The summed E-state index contributed by atoms with van der Waals surface area (Å²) in [6.45, 7) is 8.68. The van der Waals surface area contributed by atoms with E-state index in [1.807, 2.05) is 6.92 Å². The molecule has 0 saturated carbocycles. The molecule has 0 spiro atoms. The largest absolute Gasteiger partial charge is 0.397 e. The first-order valence-corrected chi connectivity index (χ1v) is 3.49. The molecule has 0 unspecified atom stereocenters. The maximum absolute atomic E-state index is 5.59. The summed E-state index contributed by atoms with van der Waals surface area (Å²) in [5.74, 6) is 0. The van der Waals surface area contributed by atoms with E-state index in [0.717, 1.165) is 0 Å². The first kappa shape index (κ1) is 10.4. The highest BCUT2D eigenvalue weighted by atomic mass is 14.8. The standard InChI is InChI=1S/C9H13N3/c1-4-8(10)9(5-2)12-7-6-11-3/h4-7H,2-3,10H2,1H3/b7-6-,8-4+,12-9+. The van der Waals surface area contributed by atoms with Crippen LogP contribution in [0.1, 0.15) is 6.92 Å². The lowest BCUT2D eigenvalue weighted by molar-refractivity contribution is 1.40. The highest BCUT2D eigenvalue weighted by Crippen LogP contribution is 1.92. The van der Waals surface area contributed by atoms with Gasteiger partial charge in [0.2, 0.25) is 0 Å². The van der Waals surface area contributed by atoms with Gasteiger partial charge in [0.15, 0.2) is 0 Å². The average molecular weight is 163 g/mol. The summed E-state index contributed by atoms with van der Waals surface area (Å²) < 4.78 is 0. The number of rotatable bonds is 4. The Hall–Kier alpha value is -1.64. The van der Waals surface area contributed by atoms with Gasteiger partial charge in [-0.25, -0.2) is 0 Å². The van der Waals surface area contributed by atoms with Gasteiger partial charge in [-0.2, -0.15) is 0 Å². The lowest BCUT2D eigenvalue weighted by atomic mass is 10.2. The summed E-state index contributed by atoms with van der Waals surface area (Å²) in [6.07, 6.45) is 6.34. The monoisotopic (exact) mass is 163 g/mol. The fraction of sp³-hybridized carbons (Fsp3) is 0.111. The number of allylic oxidation sites excluding steroid dienone is 2. The highest BCUT2D eigenvalue weighted by molar-refractivity contribution is 6.07. The third-order valence-corrected chi connectivity index (χ3v) is 1.19. The van der Waals surface area contributed by atoms with Crippen molar-refractivity contribution in [1.82, 2.24) is 0 Å². The molecule has 0 aliphatic carbocycles. The maximum atomic E-state index is 5.59. The van der Waals surface area contributed by atoms with Crippen molar-refractivity contribution in [3.8, 4) is 0 Å². The van der Waals surface area contributed by atoms with Crippen molar-refractivity contribution in [2.45, 2.75) is 6.92 Å². The number of aliphatic imine (C=N–C) groups is 2.